The summed E-state index contributed by atoms with van der Waals surface area (Å²) in [4.78, 5) is 21.9. The van der Waals surface area contributed by atoms with Crippen molar-refractivity contribution in [3.8, 4) is 0 Å². The van der Waals surface area contributed by atoms with Crippen LogP contribution in [-0.2, 0) is 9.59 Å². The van der Waals surface area contributed by atoms with Gasteiger partial charge in [-0.1, -0.05) is 13.8 Å². The molecule has 1 heterocycles. The minimum absolute atomic E-state index is 0.327. The summed E-state index contributed by atoms with van der Waals surface area (Å²) in [6.45, 7) is 4.05. The van der Waals surface area contributed by atoms with Crippen LogP contribution < -0.4 is 11.1 Å². The zero-order valence-electron chi connectivity index (χ0n) is 7.83. The van der Waals surface area contributed by atoms with Gasteiger partial charge >= 0.3 is 0 Å². The lowest BCUT2D eigenvalue weighted by atomic mass is 9.98. The maximum atomic E-state index is 11.1. The maximum absolute atomic E-state index is 11.1. The Kier molecular flexibility index (Phi) is 2.83. The van der Waals surface area contributed by atoms with Gasteiger partial charge in [0, 0.05) is 17.7 Å². The van der Waals surface area contributed by atoms with E-state index in [2.05, 4.69) is 5.32 Å². The van der Waals surface area contributed by atoms with Gasteiger partial charge in [0.25, 0.3) is 11.8 Å². The number of carbonyl (C=O) groups excluding carboxylic acids is 2. The van der Waals surface area contributed by atoms with Crippen LogP contribution in [-0.4, -0.2) is 17.9 Å². The van der Waals surface area contributed by atoms with Crippen molar-refractivity contribution in [2.75, 3.05) is 0 Å². The molecule has 0 fully saturated rings. The standard InChI is InChI=1S/C9H14N2O2/c1-5(2)3-7(10)6-4-8(12)11-9(6)13/h4-5,7H,3,10H2,1-2H3,(H,11,12,13)/t7-/m0/s1. The third-order valence-electron chi connectivity index (χ3n) is 1.91. The van der Waals surface area contributed by atoms with E-state index in [4.69, 9.17) is 5.73 Å². The SMILES string of the molecule is CC(C)C[C@H](N)C1=CC(=O)NC1=O. The molecule has 0 unspecified atom stereocenters. The van der Waals surface area contributed by atoms with Crippen LogP contribution in [0.1, 0.15) is 20.3 Å². The third-order valence-corrected chi connectivity index (χ3v) is 1.91. The summed E-state index contributed by atoms with van der Waals surface area (Å²) in [5, 5.41) is 2.17. The normalized spacial score (nSPS) is 18.9. The molecule has 13 heavy (non-hydrogen) atoms. The van der Waals surface area contributed by atoms with Gasteiger partial charge in [0.05, 0.1) is 0 Å². The molecule has 0 radical (unpaired) electrons. The number of hydrogen-bond acceptors (Lipinski definition) is 3. The van der Waals surface area contributed by atoms with Gasteiger partial charge in [0.2, 0.25) is 0 Å². The highest BCUT2D eigenvalue weighted by molar-refractivity contribution is 6.16. The first-order valence-corrected chi connectivity index (χ1v) is 4.33. The molecule has 1 aliphatic heterocycles. The second kappa shape index (κ2) is 3.70. The lowest BCUT2D eigenvalue weighted by Gasteiger charge is -2.13. The van der Waals surface area contributed by atoms with Crippen molar-refractivity contribution in [3.63, 3.8) is 0 Å². The summed E-state index contributed by atoms with van der Waals surface area (Å²) < 4.78 is 0. The second-order valence-corrected chi connectivity index (χ2v) is 3.65. The first kappa shape index (κ1) is 9.92. The summed E-state index contributed by atoms with van der Waals surface area (Å²) in [6.07, 6.45) is 2.00. The summed E-state index contributed by atoms with van der Waals surface area (Å²) in [7, 11) is 0. The van der Waals surface area contributed by atoms with Crippen LogP contribution in [0.3, 0.4) is 0 Å². The lowest BCUT2D eigenvalue weighted by Crippen LogP contribution is -2.31. The van der Waals surface area contributed by atoms with Crippen molar-refractivity contribution in [1.82, 2.24) is 5.32 Å². The molecule has 0 saturated heterocycles. The van der Waals surface area contributed by atoms with E-state index in [1.807, 2.05) is 13.8 Å². The Morgan fingerprint density at radius 1 is 1.46 bits per heavy atom. The molecule has 72 valence electrons. The molecule has 3 N–H and O–H groups in total. The van der Waals surface area contributed by atoms with Gasteiger partial charge in [-0.05, 0) is 12.3 Å². The number of imide groups is 1. The highest BCUT2D eigenvalue weighted by Crippen LogP contribution is 2.13. The largest absolute Gasteiger partial charge is 0.324 e. The average Bonchev–Trinajstić information content (AvgIpc) is 2.28. The van der Waals surface area contributed by atoms with Crippen LogP contribution in [0.25, 0.3) is 0 Å². The van der Waals surface area contributed by atoms with Gasteiger partial charge in [-0.3, -0.25) is 14.9 Å². The van der Waals surface area contributed by atoms with Gasteiger partial charge in [-0.2, -0.15) is 0 Å². The summed E-state index contributed by atoms with van der Waals surface area (Å²) in [5.41, 5.74) is 6.15. The van der Waals surface area contributed by atoms with Gasteiger partial charge in [-0.15, -0.1) is 0 Å². The molecule has 1 atom stereocenters. The number of carbonyl (C=O) groups is 2. The lowest BCUT2D eigenvalue weighted by molar-refractivity contribution is -0.123. The Hall–Kier alpha value is -1.16. The van der Waals surface area contributed by atoms with E-state index in [1.54, 1.807) is 0 Å². The van der Waals surface area contributed by atoms with Gasteiger partial charge in [-0.25, -0.2) is 0 Å². The van der Waals surface area contributed by atoms with Crippen molar-refractivity contribution in [1.29, 1.82) is 0 Å². The molecule has 2 amide bonds. The number of nitrogens with two attached hydrogens (primary N) is 1. The van der Waals surface area contributed by atoms with E-state index in [1.165, 1.54) is 6.08 Å². The predicted octanol–water partition coefficient (Wildman–Crippen LogP) is -0.0574. The highest BCUT2D eigenvalue weighted by Gasteiger charge is 2.25. The fourth-order valence-corrected chi connectivity index (χ4v) is 1.34. The van der Waals surface area contributed by atoms with Crippen molar-refractivity contribution in [2.45, 2.75) is 26.3 Å². The minimum Gasteiger partial charge on any atom is -0.324 e. The van der Waals surface area contributed by atoms with E-state index in [-0.39, 0.29) is 17.9 Å². The van der Waals surface area contributed by atoms with Crippen LogP contribution >= 0.6 is 0 Å². The van der Waals surface area contributed by atoms with Crippen molar-refractivity contribution >= 4 is 11.8 Å². The number of nitrogens with one attached hydrogen (secondary N) is 1. The Bertz CT molecular complexity index is 269. The van der Waals surface area contributed by atoms with Crippen LogP contribution in [0, 0.1) is 5.92 Å². The van der Waals surface area contributed by atoms with Gasteiger partial charge in [0.1, 0.15) is 0 Å². The first-order chi connectivity index (χ1) is 6.00. The predicted molar refractivity (Wildman–Crippen MR) is 48.7 cm³/mol. The first-order valence-electron chi connectivity index (χ1n) is 4.33. The topological polar surface area (TPSA) is 72.2 Å². The molecule has 4 heteroatoms. The molecule has 0 bridgehead atoms. The molecule has 1 rings (SSSR count). The molecule has 0 saturated carbocycles. The maximum Gasteiger partial charge on any atom is 0.255 e. The Balaban J connectivity index is 2.66. The van der Waals surface area contributed by atoms with E-state index < -0.39 is 0 Å². The highest BCUT2D eigenvalue weighted by atomic mass is 16.2. The van der Waals surface area contributed by atoms with Crippen molar-refractivity contribution in [3.05, 3.63) is 11.6 Å². The fourth-order valence-electron chi connectivity index (χ4n) is 1.34. The Morgan fingerprint density at radius 3 is 2.46 bits per heavy atom. The van der Waals surface area contributed by atoms with E-state index >= 15 is 0 Å². The fraction of sp³-hybridized carbons (Fsp3) is 0.556. The zero-order chi connectivity index (χ0) is 10.0. The Labute approximate surface area is 77.2 Å². The van der Waals surface area contributed by atoms with Crippen molar-refractivity contribution < 1.29 is 9.59 Å². The van der Waals surface area contributed by atoms with Crippen LogP contribution in [0.2, 0.25) is 0 Å². The van der Waals surface area contributed by atoms with E-state index in [0.717, 1.165) is 0 Å². The van der Waals surface area contributed by atoms with E-state index in [0.29, 0.717) is 17.9 Å². The van der Waals surface area contributed by atoms with Gasteiger partial charge < -0.3 is 5.73 Å². The summed E-state index contributed by atoms with van der Waals surface area (Å²) in [5.74, 6) is -0.295. The van der Waals surface area contributed by atoms with Crippen LogP contribution in [0.5, 0.6) is 0 Å². The number of hydrogen-bond donors (Lipinski definition) is 2. The quantitative estimate of drug-likeness (QED) is 0.601. The minimum atomic E-state index is -0.362. The third kappa shape index (κ3) is 2.39. The van der Waals surface area contributed by atoms with Crippen molar-refractivity contribution in [2.24, 2.45) is 11.7 Å². The average molecular weight is 182 g/mol. The van der Waals surface area contributed by atoms with Crippen LogP contribution in [0.4, 0.5) is 0 Å². The molecule has 0 aliphatic carbocycles. The molecule has 4 nitrogen and oxygen atoms in total. The molecular formula is C9H14N2O2. The monoisotopic (exact) mass is 182 g/mol. The summed E-state index contributed by atoms with van der Waals surface area (Å²) in [6, 6.07) is -0.327. The molecule has 0 aromatic carbocycles. The number of amides is 2. The second-order valence-electron chi connectivity index (χ2n) is 3.65. The van der Waals surface area contributed by atoms with E-state index in [9.17, 15) is 9.59 Å². The molecule has 1 aliphatic rings. The smallest absolute Gasteiger partial charge is 0.255 e. The van der Waals surface area contributed by atoms with Crippen LogP contribution in [0.15, 0.2) is 11.6 Å². The van der Waals surface area contributed by atoms with Gasteiger partial charge in [0.15, 0.2) is 0 Å². The molecule has 0 aromatic rings. The molecule has 0 aromatic heterocycles. The number of rotatable bonds is 3. The Morgan fingerprint density at radius 2 is 2.08 bits per heavy atom. The summed E-state index contributed by atoms with van der Waals surface area (Å²) >= 11 is 0. The molecule has 0 spiro atoms. The molecular weight excluding hydrogens is 168 g/mol. The zero-order valence-corrected chi connectivity index (χ0v) is 7.83.